The van der Waals surface area contributed by atoms with E-state index in [9.17, 15) is 19.2 Å². The van der Waals surface area contributed by atoms with E-state index < -0.39 is 23.3 Å². The Kier molecular flexibility index (Phi) is 4.52. The first kappa shape index (κ1) is 20.8. The lowest BCUT2D eigenvalue weighted by Gasteiger charge is -2.47. The van der Waals surface area contributed by atoms with Crippen LogP contribution in [0.1, 0.15) is 35.7 Å². The minimum atomic E-state index is -1.23. The molecule has 1 aliphatic carbocycles. The third-order valence-corrected chi connectivity index (χ3v) is 7.80. The highest BCUT2D eigenvalue weighted by Crippen LogP contribution is 2.54. The van der Waals surface area contributed by atoms with Crippen LogP contribution in [0.4, 0.5) is 5.69 Å². The van der Waals surface area contributed by atoms with Crippen molar-refractivity contribution >= 4 is 29.4 Å². The van der Waals surface area contributed by atoms with Gasteiger partial charge in [-0.3, -0.25) is 19.3 Å². The van der Waals surface area contributed by atoms with E-state index in [0.717, 1.165) is 5.57 Å². The molecule has 1 unspecified atom stereocenters. The molecule has 172 valence electrons. The van der Waals surface area contributed by atoms with Crippen LogP contribution in [0.3, 0.4) is 0 Å². The van der Waals surface area contributed by atoms with E-state index in [0.29, 0.717) is 23.2 Å². The predicted octanol–water partition coefficient (Wildman–Crippen LogP) is 3.06. The van der Waals surface area contributed by atoms with Gasteiger partial charge in [0.25, 0.3) is 5.91 Å². The number of rotatable bonds is 3. The van der Waals surface area contributed by atoms with E-state index >= 15 is 0 Å². The minimum Gasteiger partial charge on any atom is -0.464 e. The summed E-state index contributed by atoms with van der Waals surface area (Å²) in [5.41, 5.74) is 1.43. The van der Waals surface area contributed by atoms with Crippen molar-refractivity contribution in [2.24, 2.45) is 17.8 Å². The van der Waals surface area contributed by atoms with Gasteiger partial charge in [-0.1, -0.05) is 48.0 Å². The number of ether oxygens (including phenoxy) is 1. The Balaban J connectivity index is 1.42. The van der Waals surface area contributed by atoms with Crippen LogP contribution in [-0.4, -0.2) is 41.7 Å². The molecule has 2 fully saturated rings. The largest absolute Gasteiger partial charge is 0.464 e. The Labute approximate surface area is 197 Å². The highest BCUT2D eigenvalue weighted by molar-refractivity contribution is 6.22. The third-order valence-electron chi connectivity index (χ3n) is 7.80. The Bertz CT molecular complexity index is 1270. The molecule has 2 saturated heterocycles. The maximum absolute atomic E-state index is 13.6. The fourth-order valence-corrected chi connectivity index (χ4v) is 6.33. The van der Waals surface area contributed by atoms with Gasteiger partial charge in [-0.25, -0.2) is 4.79 Å². The summed E-state index contributed by atoms with van der Waals surface area (Å²) in [5, 5.41) is 0. The number of benzene rings is 2. The van der Waals surface area contributed by atoms with Gasteiger partial charge in [0.2, 0.25) is 11.8 Å². The molecule has 0 aromatic heterocycles. The summed E-state index contributed by atoms with van der Waals surface area (Å²) < 4.78 is 5.48. The number of para-hydroxylation sites is 1. The van der Waals surface area contributed by atoms with Crippen molar-refractivity contribution in [2.45, 2.75) is 25.3 Å². The van der Waals surface area contributed by atoms with Crippen LogP contribution in [0.25, 0.3) is 0 Å². The molecule has 6 rings (SSSR count). The fourth-order valence-electron chi connectivity index (χ4n) is 6.33. The quantitative estimate of drug-likeness (QED) is 0.403. The van der Waals surface area contributed by atoms with Crippen LogP contribution < -0.4 is 4.90 Å². The Morgan fingerprint density at radius 2 is 1.74 bits per heavy atom. The van der Waals surface area contributed by atoms with Crippen LogP contribution in [0.5, 0.6) is 0 Å². The second kappa shape index (κ2) is 7.38. The van der Waals surface area contributed by atoms with Crippen molar-refractivity contribution in [3.63, 3.8) is 0 Å². The molecule has 0 spiro atoms. The maximum atomic E-state index is 13.6. The molecule has 0 saturated carbocycles. The number of allylic oxidation sites excluding steroid dienone is 1. The molecular formula is C27H24N2O5. The van der Waals surface area contributed by atoms with Crippen molar-refractivity contribution in [3.8, 4) is 0 Å². The first-order valence-electron chi connectivity index (χ1n) is 11.7. The zero-order chi connectivity index (χ0) is 23.6. The van der Waals surface area contributed by atoms with Gasteiger partial charge in [-0.2, -0.15) is 0 Å². The highest BCUT2D eigenvalue weighted by Gasteiger charge is 2.63. The molecule has 34 heavy (non-hydrogen) atoms. The number of nitrogens with zero attached hydrogens (tertiary/aromatic N) is 2. The van der Waals surface area contributed by atoms with Crippen molar-refractivity contribution in [1.82, 2.24) is 4.90 Å². The summed E-state index contributed by atoms with van der Waals surface area (Å²) in [6, 6.07) is 16.1. The number of hydrogen-bond donors (Lipinski definition) is 0. The molecule has 3 heterocycles. The van der Waals surface area contributed by atoms with Crippen LogP contribution in [0, 0.1) is 17.8 Å². The number of carbonyl (C=O) groups excluding carboxylic acids is 4. The molecule has 4 aliphatic rings. The Morgan fingerprint density at radius 3 is 2.50 bits per heavy atom. The third kappa shape index (κ3) is 2.58. The molecular weight excluding hydrogens is 432 g/mol. The number of amides is 3. The van der Waals surface area contributed by atoms with E-state index in [1.54, 1.807) is 48.2 Å². The molecule has 0 N–H and O–H groups in total. The van der Waals surface area contributed by atoms with Gasteiger partial charge < -0.3 is 9.64 Å². The van der Waals surface area contributed by atoms with E-state index in [4.69, 9.17) is 4.74 Å². The molecule has 0 radical (unpaired) electrons. The number of piperidine rings is 1. The second-order valence-electron chi connectivity index (χ2n) is 9.32. The first-order chi connectivity index (χ1) is 16.5. The van der Waals surface area contributed by atoms with Crippen LogP contribution in [0.15, 0.2) is 66.2 Å². The summed E-state index contributed by atoms with van der Waals surface area (Å²) in [6.45, 7) is 2.15. The Morgan fingerprint density at radius 1 is 1.00 bits per heavy atom. The van der Waals surface area contributed by atoms with E-state index in [2.05, 4.69) is 0 Å². The van der Waals surface area contributed by atoms with E-state index in [1.165, 1.54) is 4.90 Å². The number of fused-ring (bicyclic) bond motifs is 6. The molecule has 3 amide bonds. The fraction of sp³-hybridized carbons (Fsp3) is 0.333. The van der Waals surface area contributed by atoms with E-state index in [1.807, 2.05) is 24.3 Å². The molecule has 3 aliphatic heterocycles. The summed E-state index contributed by atoms with van der Waals surface area (Å²) in [4.78, 5) is 56.6. The second-order valence-corrected chi connectivity index (χ2v) is 9.32. The summed E-state index contributed by atoms with van der Waals surface area (Å²) in [5.74, 6) is -2.44. The average molecular weight is 456 g/mol. The van der Waals surface area contributed by atoms with Crippen LogP contribution in [0.2, 0.25) is 0 Å². The number of anilines is 1. The van der Waals surface area contributed by atoms with Gasteiger partial charge in [0, 0.05) is 30.0 Å². The lowest BCUT2D eigenvalue weighted by Crippen LogP contribution is -2.58. The van der Waals surface area contributed by atoms with Gasteiger partial charge in [0.15, 0.2) is 5.54 Å². The SMILES string of the molecule is CCOC(=O)C12CC3=CC[C@@H]4C(=O)N(c5ccccc5)C(=O)[C@@H]4[C@@H]3CN1C(=O)c1ccccc12. The average Bonchev–Trinajstić information content (AvgIpc) is 3.27. The van der Waals surface area contributed by atoms with Gasteiger partial charge in [-0.15, -0.1) is 0 Å². The lowest BCUT2D eigenvalue weighted by atomic mass is 9.66. The topological polar surface area (TPSA) is 84.0 Å². The predicted molar refractivity (Wildman–Crippen MR) is 123 cm³/mol. The van der Waals surface area contributed by atoms with Gasteiger partial charge >= 0.3 is 5.97 Å². The maximum Gasteiger partial charge on any atom is 0.337 e. The smallest absolute Gasteiger partial charge is 0.337 e. The van der Waals surface area contributed by atoms with Gasteiger partial charge in [0.05, 0.1) is 24.1 Å². The molecule has 0 bridgehead atoms. The normalized spacial score (nSPS) is 29.3. The number of imide groups is 1. The van der Waals surface area contributed by atoms with Crippen LogP contribution >= 0.6 is 0 Å². The standard InChI is InChI=1S/C27H24N2O5/c1-2-34-26(33)27-14-16-12-13-19-22(25(32)29(24(19)31)17-8-4-3-5-9-17)20(16)15-28(27)23(30)18-10-6-7-11-21(18)27/h3-12,19-20,22H,2,13-15H2,1H3/t19-,20+,22-,27?/m0/s1. The minimum absolute atomic E-state index is 0.195. The molecule has 4 atom stereocenters. The number of hydrogen-bond acceptors (Lipinski definition) is 5. The zero-order valence-electron chi connectivity index (χ0n) is 18.8. The number of carbonyl (C=O) groups is 4. The summed E-state index contributed by atoms with van der Waals surface area (Å²) in [6.07, 6.45) is 2.73. The van der Waals surface area contributed by atoms with Gasteiger partial charge in [0.1, 0.15) is 0 Å². The summed E-state index contributed by atoms with van der Waals surface area (Å²) >= 11 is 0. The highest BCUT2D eigenvalue weighted by atomic mass is 16.5. The number of esters is 1. The lowest BCUT2D eigenvalue weighted by molar-refractivity contribution is -0.158. The first-order valence-corrected chi connectivity index (χ1v) is 11.7. The van der Waals surface area contributed by atoms with Crippen molar-refractivity contribution in [1.29, 1.82) is 0 Å². The zero-order valence-corrected chi connectivity index (χ0v) is 18.8. The van der Waals surface area contributed by atoms with Crippen LogP contribution in [-0.2, 0) is 24.7 Å². The van der Waals surface area contributed by atoms with Crippen molar-refractivity contribution < 1.29 is 23.9 Å². The summed E-state index contributed by atoms with van der Waals surface area (Å²) in [7, 11) is 0. The van der Waals surface area contributed by atoms with Gasteiger partial charge in [-0.05, 0) is 31.5 Å². The molecule has 2 aromatic rings. The molecule has 2 aromatic carbocycles. The Hall–Kier alpha value is -3.74. The molecule has 7 nitrogen and oxygen atoms in total. The van der Waals surface area contributed by atoms with Crippen molar-refractivity contribution in [2.75, 3.05) is 18.1 Å². The van der Waals surface area contributed by atoms with E-state index in [-0.39, 0.29) is 43.2 Å². The molecule has 7 heteroatoms. The monoisotopic (exact) mass is 456 g/mol. The van der Waals surface area contributed by atoms with Crippen molar-refractivity contribution in [3.05, 3.63) is 77.4 Å².